The normalized spacial score (nSPS) is 18.7. The summed E-state index contributed by atoms with van der Waals surface area (Å²) in [4.78, 5) is 34.4. The van der Waals surface area contributed by atoms with E-state index in [1.807, 2.05) is 12.1 Å². The third-order valence-electron chi connectivity index (χ3n) is 5.49. The van der Waals surface area contributed by atoms with Crippen molar-refractivity contribution in [3.8, 4) is 0 Å². The van der Waals surface area contributed by atoms with Gasteiger partial charge in [-0.15, -0.1) is 0 Å². The molecule has 3 heterocycles. The van der Waals surface area contributed by atoms with Crippen LogP contribution in [-0.2, 0) is 11.3 Å². The van der Waals surface area contributed by atoms with Crippen LogP contribution in [0.4, 0.5) is 0 Å². The zero-order valence-corrected chi connectivity index (χ0v) is 17.7. The van der Waals surface area contributed by atoms with E-state index < -0.39 is 0 Å². The number of hydrogen-bond acceptors (Lipinski definition) is 6. The summed E-state index contributed by atoms with van der Waals surface area (Å²) in [6, 6.07) is 17.5. The maximum absolute atomic E-state index is 12.7. The van der Waals surface area contributed by atoms with E-state index in [2.05, 4.69) is 39.1 Å². The fourth-order valence-corrected chi connectivity index (χ4v) is 4.76. The molecular weight excluding hydrogens is 410 g/mol. The summed E-state index contributed by atoms with van der Waals surface area (Å²) in [7, 11) is 0. The van der Waals surface area contributed by atoms with Crippen molar-refractivity contribution in [2.45, 2.75) is 6.54 Å². The first kappa shape index (κ1) is 19.8. The first-order valence-electron chi connectivity index (χ1n) is 10.2. The first-order chi connectivity index (χ1) is 15.2. The zero-order valence-electron chi connectivity index (χ0n) is 16.9. The number of hydrogen-bond donors (Lipinski definition) is 0. The Kier molecular flexibility index (Phi) is 5.44. The van der Waals surface area contributed by atoms with Crippen LogP contribution in [0.25, 0.3) is 17.0 Å². The number of thioether (sulfide) groups is 1. The lowest BCUT2D eigenvalue weighted by molar-refractivity contribution is -0.113. The summed E-state index contributed by atoms with van der Waals surface area (Å²) in [6.45, 7) is 4.39. The maximum Gasteiger partial charge on any atom is 0.286 e. The maximum atomic E-state index is 12.7. The summed E-state index contributed by atoms with van der Waals surface area (Å²) >= 11 is 1.33. The van der Waals surface area contributed by atoms with Gasteiger partial charge in [0.15, 0.2) is 10.6 Å². The Balaban J connectivity index is 1.26. The lowest BCUT2D eigenvalue weighted by Gasteiger charge is -2.35. The lowest BCUT2D eigenvalue weighted by atomic mass is 10.1. The first-order valence-corrected chi connectivity index (χ1v) is 11.0. The number of rotatable bonds is 3. The average Bonchev–Trinajstić information content (AvgIpc) is 3.17. The van der Waals surface area contributed by atoms with E-state index in [0.717, 1.165) is 32.7 Å². The van der Waals surface area contributed by atoms with Crippen LogP contribution >= 0.6 is 11.8 Å². The SMILES string of the molecule is O=C1N=C(N2CCN(Cc3ccccc3)CC2)S/C1=C/c1coc2ccccc2c1=O. The van der Waals surface area contributed by atoms with Crippen LogP contribution in [0, 0.1) is 0 Å². The van der Waals surface area contributed by atoms with Gasteiger partial charge in [-0.2, -0.15) is 4.99 Å². The second-order valence-corrected chi connectivity index (χ2v) is 8.58. The van der Waals surface area contributed by atoms with Crippen molar-refractivity contribution >= 4 is 39.9 Å². The minimum Gasteiger partial charge on any atom is -0.463 e. The third-order valence-corrected chi connectivity index (χ3v) is 6.54. The van der Waals surface area contributed by atoms with E-state index in [1.54, 1.807) is 24.3 Å². The highest BCUT2D eigenvalue weighted by atomic mass is 32.2. The second kappa shape index (κ2) is 8.53. The molecule has 0 atom stereocenters. The number of carbonyl (C=O) groups is 1. The Morgan fingerprint density at radius 1 is 0.968 bits per heavy atom. The summed E-state index contributed by atoms with van der Waals surface area (Å²) in [6.07, 6.45) is 3.00. The molecule has 1 saturated heterocycles. The van der Waals surface area contributed by atoms with Crippen LogP contribution in [0.5, 0.6) is 0 Å². The minimum atomic E-state index is -0.306. The highest BCUT2D eigenvalue weighted by Gasteiger charge is 2.28. The molecule has 0 unspecified atom stereocenters. The lowest BCUT2D eigenvalue weighted by Crippen LogP contribution is -2.47. The Bertz CT molecular complexity index is 1240. The third kappa shape index (κ3) is 4.19. The van der Waals surface area contributed by atoms with Gasteiger partial charge in [-0.1, -0.05) is 42.5 Å². The van der Waals surface area contributed by atoms with Gasteiger partial charge in [-0.05, 0) is 35.5 Å². The molecule has 0 spiro atoms. The Morgan fingerprint density at radius 3 is 2.52 bits per heavy atom. The molecule has 2 aromatic carbocycles. The molecule has 1 aromatic heterocycles. The standard InChI is InChI=1S/C24H21N3O3S/c28-22-18(16-30-20-9-5-4-8-19(20)22)14-21-23(29)25-24(31-21)27-12-10-26(11-13-27)15-17-6-2-1-3-7-17/h1-9,14,16H,10-13,15H2/b21-14+. The van der Waals surface area contributed by atoms with Gasteiger partial charge in [-0.3, -0.25) is 14.5 Å². The molecule has 31 heavy (non-hydrogen) atoms. The van der Waals surface area contributed by atoms with Gasteiger partial charge >= 0.3 is 0 Å². The zero-order chi connectivity index (χ0) is 21.2. The van der Waals surface area contributed by atoms with Crippen LogP contribution in [-0.4, -0.2) is 47.1 Å². The molecular formula is C24H21N3O3S. The van der Waals surface area contributed by atoms with E-state index in [9.17, 15) is 9.59 Å². The average molecular weight is 432 g/mol. The second-order valence-electron chi connectivity index (χ2n) is 7.58. The molecule has 2 aliphatic rings. The highest BCUT2D eigenvalue weighted by Crippen LogP contribution is 2.30. The van der Waals surface area contributed by atoms with Gasteiger partial charge in [0.05, 0.1) is 15.9 Å². The topological polar surface area (TPSA) is 66.1 Å². The monoisotopic (exact) mass is 431 g/mol. The summed E-state index contributed by atoms with van der Waals surface area (Å²) in [5.41, 5.74) is 2.05. The fourth-order valence-electron chi connectivity index (χ4n) is 3.81. The quantitative estimate of drug-likeness (QED) is 0.591. The number of piperazine rings is 1. The molecule has 156 valence electrons. The van der Waals surface area contributed by atoms with Crippen molar-refractivity contribution in [2.24, 2.45) is 4.99 Å². The largest absolute Gasteiger partial charge is 0.463 e. The van der Waals surface area contributed by atoms with Crippen LogP contribution in [0.15, 0.2) is 80.0 Å². The number of aliphatic imine (C=N–C) groups is 1. The van der Waals surface area contributed by atoms with E-state index >= 15 is 0 Å². The molecule has 0 N–H and O–H groups in total. The summed E-state index contributed by atoms with van der Waals surface area (Å²) in [5, 5.41) is 1.21. The van der Waals surface area contributed by atoms with Gasteiger partial charge < -0.3 is 9.32 Å². The molecule has 0 aliphatic carbocycles. The molecule has 2 aliphatic heterocycles. The summed E-state index contributed by atoms with van der Waals surface area (Å²) < 4.78 is 5.55. The van der Waals surface area contributed by atoms with Crippen LogP contribution < -0.4 is 5.43 Å². The predicted molar refractivity (Wildman–Crippen MR) is 124 cm³/mol. The van der Waals surface area contributed by atoms with Crippen molar-refractivity contribution in [1.29, 1.82) is 0 Å². The van der Waals surface area contributed by atoms with E-state index in [1.165, 1.54) is 23.6 Å². The summed E-state index contributed by atoms with van der Waals surface area (Å²) in [5.74, 6) is -0.306. The number of fused-ring (bicyclic) bond motifs is 1. The fraction of sp³-hybridized carbons (Fsp3) is 0.208. The smallest absolute Gasteiger partial charge is 0.286 e. The van der Waals surface area contributed by atoms with Gasteiger partial charge in [0.1, 0.15) is 11.8 Å². The Labute approximate surface area is 183 Å². The molecule has 1 amide bonds. The van der Waals surface area contributed by atoms with Crippen molar-refractivity contribution in [3.63, 3.8) is 0 Å². The van der Waals surface area contributed by atoms with Gasteiger partial charge in [0, 0.05) is 32.7 Å². The molecule has 7 heteroatoms. The van der Waals surface area contributed by atoms with E-state index in [-0.39, 0.29) is 11.3 Å². The minimum absolute atomic E-state index is 0.147. The number of benzene rings is 2. The van der Waals surface area contributed by atoms with Gasteiger partial charge in [0.2, 0.25) is 0 Å². The molecule has 0 radical (unpaired) electrons. The van der Waals surface area contributed by atoms with Crippen molar-refractivity contribution in [3.05, 3.63) is 87.1 Å². The molecule has 0 bridgehead atoms. The van der Waals surface area contributed by atoms with Crippen LogP contribution in [0.3, 0.4) is 0 Å². The number of para-hydroxylation sites is 1. The van der Waals surface area contributed by atoms with Crippen molar-refractivity contribution in [2.75, 3.05) is 26.2 Å². The Morgan fingerprint density at radius 2 is 1.71 bits per heavy atom. The number of carbonyl (C=O) groups excluding carboxylic acids is 1. The number of nitrogens with zero attached hydrogens (tertiary/aromatic N) is 3. The number of amidine groups is 1. The molecule has 5 rings (SSSR count). The van der Waals surface area contributed by atoms with Gasteiger partial charge in [0.25, 0.3) is 5.91 Å². The highest BCUT2D eigenvalue weighted by molar-refractivity contribution is 8.18. The molecule has 3 aromatic rings. The van der Waals surface area contributed by atoms with Crippen LogP contribution in [0.1, 0.15) is 11.1 Å². The van der Waals surface area contributed by atoms with Gasteiger partial charge in [-0.25, -0.2) is 0 Å². The van der Waals surface area contributed by atoms with Crippen molar-refractivity contribution in [1.82, 2.24) is 9.80 Å². The van der Waals surface area contributed by atoms with E-state index in [0.29, 0.717) is 26.6 Å². The van der Waals surface area contributed by atoms with Crippen molar-refractivity contribution < 1.29 is 9.21 Å². The Hall–Kier alpha value is -3.16. The number of amides is 1. The predicted octanol–water partition coefficient (Wildman–Crippen LogP) is 3.58. The van der Waals surface area contributed by atoms with E-state index in [4.69, 9.17) is 4.42 Å². The molecule has 6 nitrogen and oxygen atoms in total. The molecule has 0 saturated carbocycles. The molecule has 1 fully saturated rings. The van der Waals surface area contributed by atoms with Crippen LogP contribution in [0.2, 0.25) is 0 Å².